The number of rotatable bonds is 9. The third kappa shape index (κ3) is 4.77. The molecule has 24 heavy (non-hydrogen) atoms. The van der Waals surface area contributed by atoms with E-state index in [0.29, 0.717) is 55.1 Å². The van der Waals surface area contributed by atoms with Crippen LogP contribution >= 0.6 is 0 Å². The molecular formula is C18H28N2O4. The topological polar surface area (TPSA) is 68.8 Å². The Morgan fingerprint density at radius 1 is 1.12 bits per heavy atom. The summed E-state index contributed by atoms with van der Waals surface area (Å²) in [5.41, 5.74) is 0.524. The van der Waals surface area contributed by atoms with Crippen molar-refractivity contribution in [1.82, 2.24) is 10.6 Å². The van der Waals surface area contributed by atoms with Gasteiger partial charge in [-0.3, -0.25) is 4.79 Å². The van der Waals surface area contributed by atoms with E-state index in [0.717, 1.165) is 19.5 Å². The van der Waals surface area contributed by atoms with Crippen LogP contribution in [0, 0.1) is 5.92 Å². The molecule has 0 spiro atoms. The summed E-state index contributed by atoms with van der Waals surface area (Å²) < 4.78 is 17.0. The smallest absolute Gasteiger partial charge is 0.251 e. The molecule has 2 N–H and O–H groups in total. The maximum absolute atomic E-state index is 12.5. The quantitative estimate of drug-likeness (QED) is 0.724. The van der Waals surface area contributed by atoms with Gasteiger partial charge in [0.05, 0.1) is 19.8 Å². The minimum absolute atomic E-state index is 0.119. The largest absolute Gasteiger partial charge is 0.490 e. The summed E-state index contributed by atoms with van der Waals surface area (Å²) in [6.07, 6.45) is 1.10. The first-order valence-corrected chi connectivity index (χ1v) is 8.74. The zero-order valence-corrected chi connectivity index (χ0v) is 14.8. The molecule has 1 atom stereocenters. The van der Waals surface area contributed by atoms with E-state index >= 15 is 0 Å². The Balaban J connectivity index is 2.18. The van der Waals surface area contributed by atoms with E-state index in [-0.39, 0.29) is 5.91 Å². The molecule has 1 aliphatic rings. The fourth-order valence-electron chi connectivity index (χ4n) is 2.75. The van der Waals surface area contributed by atoms with E-state index < -0.39 is 0 Å². The molecule has 134 valence electrons. The summed E-state index contributed by atoms with van der Waals surface area (Å²) in [6, 6.07) is 3.44. The lowest BCUT2D eigenvalue weighted by molar-refractivity contribution is 0.0947. The normalized spacial score (nSPS) is 16.7. The van der Waals surface area contributed by atoms with E-state index in [1.807, 2.05) is 20.8 Å². The van der Waals surface area contributed by atoms with Gasteiger partial charge in [0, 0.05) is 12.1 Å². The molecule has 1 amide bonds. The van der Waals surface area contributed by atoms with Gasteiger partial charge in [0.15, 0.2) is 11.5 Å². The van der Waals surface area contributed by atoms with E-state index in [1.165, 1.54) is 0 Å². The van der Waals surface area contributed by atoms with Crippen molar-refractivity contribution in [2.75, 3.05) is 39.5 Å². The number of carbonyl (C=O) groups excluding carboxylic acids is 1. The Labute approximate surface area is 143 Å². The van der Waals surface area contributed by atoms with Gasteiger partial charge in [-0.25, -0.2) is 0 Å². The number of amides is 1. The van der Waals surface area contributed by atoms with Gasteiger partial charge in [0.2, 0.25) is 5.75 Å². The zero-order chi connectivity index (χ0) is 17.4. The van der Waals surface area contributed by atoms with Crippen LogP contribution in [0.25, 0.3) is 0 Å². The second-order valence-electron chi connectivity index (χ2n) is 5.67. The van der Waals surface area contributed by atoms with Crippen molar-refractivity contribution in [2.24, 2.45) is 5.92 Å². The highest BCUT2D eigenvalue weighted by Crippen LogP contribution is 2.39. The molecule has 1 aromatic rings. The fraction of sp³-hybridized carbons (Fsp3) is 0.611. The maximum atomic E-state index is 12.5. The molecule has 0 aliphatic carbocycles. The van der Waals surface area contributed by atoms with Gasteiger partial charge in [-0.1, -0.05) is 0 Å². The summed E-state index contributed by atoms with van der Waals surface area (Å²) in [5, 5.41) is 6.30. The monoisotopic (exact) mass is 336 g/mol. The molecule has 1 saturated heterocycles. The first-order chi connectivity index (χ1) is 11.7. The second-order valence-corrected chi connectivity index (χ2v) is 5.67. The number of hydrogen-bond acceptors (Lipinski definition) is 5. The second kappa shape index (κ2) is 9.37. The number of ether oxygens (including phenoxy) is 3. The van der Waals surface area contributed by atoms with Crippen molar-refractivity contribution in [1.29, 1.82) is 0 Å². The minimum Gasteiger partial charge on any atom is -0.490 e. The predicted molar refractivity (Wildman–Crippen MR) is 93.3 cm³/mol. The van der Waals surface area contributed by atoms with Gasteiger partial charge in [0.25, 0.3) is 5.91 Å². The van der Waals surface area contributed by atoms with Crippen LogP contribution in [0.5, 0.6) is 17.2 Å². The number of hydrogen-bond donors (Lipinski definition) is 2. The molecule has 2 rings (SSSR count). The first-order valence-electron chi connectivity index (χ1n) is 8.74. The van der Waals surface area contributed by atoms with Gasteiger partial charge in [-0.2, -0.15) is 0 Å². The molecular weight excluding hydrogens is 308 g/mol. The number of nitrogens with one attached hydrogen (secondary N) is 2. The summed E-state index contributed by atoms with van der Waals surface area (Å²) in [7, 11) is 0. The van der Waals surface area contributed by atoms with Crippen LogP contribution in [-0.4, -0.2) is 45.4 Å². The average Bonchev–Trinajstić information content (AvgIpc) is 3.09. The van der Waals surface area contributed by atoms with E-state index in [1.54, 1.807) is 12.1 Å². The fourth-order valence-corrected chi connectivity index (χ4v) is 2.75. The van der Waals surface area contributed by atoms with Gasteiger partial charge in [-0.05, 0) is 58.3 Å². The van der Waals surface area contributed by atoms with Crippen molar-refractivity contribution >= 4 is 5.91 Å². The van der Waals surface area contributed by atoms with Crippen LogP contribution in [0.3, 0.4) is 0 Å². The molecule has 6 nitrogen and oxygen atoms in total. The molecule has 1 heterocycles. The van der Waals surface area contributed by atoms with E-state index in [4.69, 9.17) is 14.2 Å². The van der Waals surface area contributed by atoms with Gasteiger partial charge >= 0.3 is 0 Å². The van der Waals surface area contributed by atoms with Crippen LogP contribution in [0.2, 0.25) is 0 Å². The van der Waals surface area contributed by atoms with Gasteiger partial charge in [0.1, 0.15) is 0 Å². The summed E-state index contributed by atoms with van der Waals surface area (Å²) in [5.74, 6) is 2.01. The van der Waals surface area contributed by atoms with Crippen LogP contribution in [0.1, 0.15) is 37.6 Å². The molecule has 0 saturated carbocycles. The molecule has 0 aromatic heterocycles. The Morgan fingerprint density at radius 3 is 2.25 bits per heavy atom. The molecule has 1 aromatic carbocycles. The molecule has 6 heteroatoms. The standard InChI is InChI=1S/C18H28N2O4/c1-4-22-15-9-14(10-16(23-5-2)17(15)24-6-3)18(21)20-12-13-7-8-19-11-13/h9-10,13,19H,4-8,11-12H2,1-3H3,(H,20,21). The van der Waals surface area contributed by atoms with Crippen LogP contribution in [0.4, 0.5) is 0 Å². The molecule has 0 bridgehead atoms. The third-order valence-electron chi connectivity index (χ3n) is 3.88. The SMILES string of the molecule is CCOc1cc(C(=O)NCC2CCNC2)cc(OCC)c1OCC. The van der Waals surface area contributed by atoms with Crippen LogP contribution < -0.4 is 24.8 Å². The Bertz CT molecular complexity index is 515. The highest BCUT2D eigenvalue weighted by Gasteiger charge is 2.20. The van der Waals surface area contributed by atoms with Crippen LogP contribution in [-0.2, 0) is 0 Å². The lowest BCUT2D eigenvalue weighted by atomic mass is 10.1. The van der Waals surface area contributed by atoms with Gasteiger partial charge < -0.3 is 24.8 Å². The van der Waals surface area contributed by atoms with E-state index in [2.05, 4.69) is 10.6 Å². The van der Waals surface area contributed by atoms with Crippen molar-refractivity contribution in [3.8, 4) is 17.2 Å². The van der Waals surface area contributed by atoms with Crippen molar-refractivity contribution in [3.63, 3.8) is 0 Å². The molecule has 0 radical (unpaired) electrons. The third-order valence-corrected chi connectivity index (χ3v) is 3.88. The summed E-state index contributed by atoms with van der Waals surface area (Å²) in [4.78, 5) is 12.5. The summed E-state index contributed by atoms with van der Waals surface area (Å²) >= 11 is 0. The highest BCUT2D eigenvalue weighted by atomic mass is 16.5. The Morgan fingerprint density at radius 2 is 1.75 bits per heavy atom. The van der Waals surface area contributed by atoms with Crippen molar-refractivity contribution in [3.05, 3.63) is 17.7 Å². The highest BCUT2D eigenvalue weighted by molar-refractivity contribution is 5.95. The Hall–Kier alpha value is -1.95. The molecule has 1 unspecified atom stereocenters. The number of carbonyl (C=O) groups is 1. The molecule has 1 fully saturated rings. The minimum atomic E-state index is -0.119. The molecule has 1 aliphatic heterocycles. The average molecular weight is 336 g/mol. The lowest BCUT2D eigenvalue weighted by Gasteiger charge is -2.17. The predicted octanol–water partition coefficient (Wildman–Crippen LogP) is 2.22. The lowest BCUT2D eigenvalue weighted by Crippen LogP contribution is -2.30. The van der Waals surface area contributed by atoms with E-state index in [9.17, 15) is 4.79 Å². The Kier molecular flexibility index (Phi) is 7.18. The maximum Gasteiger partial charge on any atom is 0.251 e. The number of benzene rings is 1. The summed E-state index contributed by atoms with van der Waals surface area (Å²) in [6.45, 7) is 9.83. The van der Waals surface area contributed by atoms with Crippen molar-refractivity contribution < 1.29 is 19.0 Å². The van der Waals surface area contributed by atoms with Gasteiger partial charge in [-0.15, -0.1) is 0 Å². The zero-order valence-electron chi connectivity index (χ0n) is 14.8. The van der Waals surface area contributed by atoms with Crippen LogP contribution in [0.15, 0.2) is 12.1 Å². The van der Waals surface area contributed by atoms with Crippen molar-refractivity contribution in [2.45, 2.75) is 27.2 Å². The first kappa shape index (κ1) is 18.4.